The average Bonchev–Trinajstić information content (AvgIpc) is 2.43. The van der Waals surface area contributed by atoms with Gasteiger partial charge < -0.3 is 5.32 Å². The van der Waals surface area contributed by atoms with Crippen LogP contribution in [0, 0.1) is 8.99 Å². The molecule has 0 unspecified atom stereocenters. The molecule has 1 N–H and O–H groups in total. The molecule has 0 saturated carbocycles. The zero-order chi connectivity index (χ0) is 13.0. The summed E-state index contributed by atoms with van der Waals surface area (Å²) >= 11 is 4.21. The smallest absolute Gasteiger partial charge is 0.161 e. The van der Waals surface area contributed by atoms with Gasteiger partial charge in [-0.2, -0.15) is 0 Å². The van der Waals surface area contributed by atoms with Crippen LogP contribution in [0.5, 0.6) is 0 Å². The van der Waals surface area contributed by atoms with E-state index < -0.39 is 0 Å². The number of benzene rings is 1. The van der Waals surface area contributed by atoms with Crippen molar-refractivity contribution in [1.82, 2.24) is 0 Å². The van der Waals surface area contributed by atoms with Gasteiger partial charge in [0.25, 0.3) is 0 Å². The summed E-state index contributed by atoms with van der Waals surface area (Å²) in [4.78, 5) is 4.73. The molecule has 98 valence electrons. The molecule has 0 fully saturated rings. The molecule has 2 rings (SSSR count). The second kappa shape index (κ2) is 6.28. The molecule has 4 heteroatoms. The molecule has 1 aromatic rings. The van der Waals surface area contributed by atoms with Crippen LogP contribution in [0.25, 0.3) is 0 Å². The van der Waals surface area contributed by atoms with Crippen molar-refractivity contribution in [3.63, 3.8) is 0 Å². The summed E-state index contributed by atoms with van der Waals surface area (Å²) in [6.45, 7) is 5.51. The van der Waals surface area contributed by atoms with Crippen LogP contribution in [-0.2, 0) is 0 Å². The molecular weight excluding hydrogens is 355 g/mol. The van der Waals surface area contributed by atoms with E-state index in [0.717, 1.165) is 17.4 Å². The van der Waals surface area contributed by atoms with Crippen molar-refractivity contribution in [2.45, 2.75) is 26.7 Å². The van der Waals surface area contributed by atoms with E-state index in [9.17, 15) is 0 Å². The lowest BCUT2D eigenvalue weighted by molar-refractivity contribution is 0.318. The topological polar surface area (TPSA) is 24.4 Å². The largest absolute Gasteiger partial charge is 0.334 e. The second-order valence-electron chi connectivity index (χ2n) is 4.72. The third-order valence-corrected chi connectivity index (χ3v) is 5.89. The summed E-state index contributed by atoms with van der Waals surface area (Å²) < 4.78 is 1.24. The Morgan fingerprint density at radius 2 is 2.06 bits per heavy atom. The molecule has 0 aliphatic carbocycles. The fourth-order valence-electron chi connectivity index (χ4n) is 1.98. The number of halogens is 1. The van der Waals surface area contributed by atoms with E-state index in [1.54, 1.807) is 0 Å². The molecule has 0 atom stereocenters. The molecular formula is C14H19IN2S. The lowest BCUT2D eigenvalue weighted by atomic mass is 9.84. The molecule has 0 saturated heterocycles. The minimum atomic E-state index is 0.416. The summed E-state index contributed by atoms with van der Waals surface area (Å²) in [7, 11) is 0. The normalized spacial score (nSPS) is 18.3. The predicted octanol–water partition coefficient (Wildman–Crippen LogP) is 4.61. The maximum atomic E-state index is 4.73. The van der Waals surface area contributed by atoms with E-state index in [0.29, 0.717) is 5.41 Å². The standard InChI is InChI=1S/C14H19IN2S/c1-3-14(4-2)9-16-13(18-10-14)17-12-8-6-5-7-11(12)15/h5-8H,3-4,9-10H2,1-2H3,(H,16,17). The highest BCUT2D eigenvalue weighted by Crippen LogP contribution is 2.35. The van der Waals surface area contributed by atoms with Gasteiger partial charge in [0.15, 0.2) is 5.17 Å². The number of anilines is 1. The van der Waals surface area contributed by atoms with E-state index >= 15 is 0 Å². The zero-order valence-corrected chi connectivity index (χ0v) is 13.8. The SMILES string of the molecule is CCC1(CC)CN=C(Nc2ccccc2I)SC1. The van der Waals surface area contributed by atoms with E-state index in [1.807, 2.05) is 11.8 Å². The maximum Gasteiger partial charge on any atom is 0.161 e. The van der Waals surface area contributed by atoms with Crippen LogP contribution >= 0.6 is 34.4 Å². The van der Waals surface area contributed by atoms with Crippen LogP contribution in [0.4, 0.5) is 5.69 Å². The fourth-order valence-corrected chi connectivity index (χ4v) is 3.79. The molecule has 18 heavy (non-hydrogen) atoms. The number of para-hydroxylation sites is 1. The van der Waals surface area contributed by atoms with Crippen LogP contribution < -0.4 is 5.32 Å². The van der Waals surface area contributed by atoms with Crippen molar-refractivity contribution in [2.75, 3.05) is 17.6 Å². The first-order valence-corrected chi connectivity index (χ1v) is 8.44. The summed E-state index contributed by atoms with van der Waals surface area (Å²) in [5.41, 5.74) is 1.57. The Kier molecular flexibility index (Phi) is 4.95. The number of nitrogens with zero attached hydrogens (tertiary/aromatic N) is 1. The van der Waals surface area contributed by atoms with Gasteiger partial charge in [0.05, 0.1) is 5.69 Å². The Bertz CT molecular complexity index is 441. The maximum absolute atomic E-state index is 4.73. The zero-order valence-electron chi connectivity index (χ0n) is 10.9. The summed E-state index contributed by atoms with van der Waals surface area (Å²) in [5, 5.41) is 4.51. The van der Waals surface area contributed by atoms with Crippen molar-refractivity contribution in [3.05, 3.63) is 27.8 Å². The molecule has 0 aromatic heterocycles. The quantitative estimate of drug-likeness (QED) is 0.782. The van der Waals surface area contributed by atoms with E-state index in [2.05, 4.69) is 66.0 Å². The van der Waals surface area contributed by atoms with Gasteiger partial charge in [0.2, 0.25) is 0 Å². The van der Waals surface area contributed by atoms with Gasteiger partial charge in [-0.25, -0.2) is 0 Å². The van der Waals surface area contributed by atoms with Gasteiger partial charge in [0.1, 0.15) is 0 Å². The Morgan fingerprint density at radius 3 is 2.61 bits per heavy atom. The third-order valence-electron chi connectivity index (χ3n) is 3.69. The third kappa shape index (κ3) is 3.20. The molecule has 1 aromatic carbocycles. The molecule has 0 spiro atoms. The van der Waals surface area contributed by atoms with Crippen LogP contribution in [0.3, 0.4) is 0 Å². The molecule has 2 nitrogen and oxygen atoms in total. The minimum absolute atomic E-state index is 0.416. The lowest BCUT2D eigenvalue weighted by Crippen LogP contribution is -2.32. The molecule has 1 heterocycles. The highest BCUT2D eigenvalue weighted by Gasteiger charge is 2.30. The van der Waals surface area contributed by atoms with Gasteiger partial charge in [-0.05, 0) is 53.0 Å². The van der Waals surface area contributed by atoms with Crippen molar-refractivity contribution in [2.24, 2.45) is 10.4 Å². The summed E-state index contributed by atoms with van der Waals surface area (Å²) in [6, 6.07) is 8.33. The van der Waals surface area contributed by atoms with E-state index in [1.165, 1.54) is 22.2 Å². The van der Waals surface area contributed by atoms with E-state index in [4.69, 9.17) is 4.99 Å². The monoisotopic (exact) mass is 374 g/mol. The van der Waals surface area contributed by atoms with Gasteiger partial charge in [-0.15, -0.1) is 0 Å². The Morgan fingerprint density at radius 1 is 1.33 bits per heavy atom. The number of hydrogen-bond donors (Lipinski definition) is 1. The number of nitrogens with one attached hydrogen (secondary N) is 1. The summed E-state index contributed by atoms with van der Waals surface area (Å²) in [5.74, 6) is 1.18. The molecule has 1 aliphatic rings. The average molecular weight is 374 g/mol. The van der Waals surface area contributed by atoms with Crippen molar-refractivity contribution >= 4 is 45.2 Å². The fraction of sp³-hybridized carbons (Fsp3) is 0.500. The van der Waals surface area contributed by atoms with Crippen LogP contribution in [0.1, 0.15) is 26.7 Å². The number of aliphatic imine (C=N–C) groups is 1. The Labute approximate surface area is 127 Å². The molecule has 1 aliphatic heterocycles. The van der Waals surface area contributed by atoms with Crippen LogP contribution in [0.2, 0.25) is 0 Å². The first kappa shape index (κ1) is 14.2. The van der Waals surface area contributed by atoms with Gasteiger partial charge in [0, 0.05) is 15.9 Å². The van der Waals surface area contributed by atoms with Crippen LogP contribution in [-0.4, -0.2) is 17.5 Å². The second-order valence-corrected chi connectivity index (χ2v) is 6.85. The van der Waals surface area contributed by atoms with Gasteiger partial charge in [-0.1, -0.05) is 37.7 Å². The Balaban J connectivity index is 2.05. The number of hydrogen-bond acceptors (Lipinski definition) is 3. The Hall–Kier alpha value is -0.230. The van der Waals surface area contributed by atoms with Crippen LogP contribution in [0.15, 0.2) is 29.3 Å². The van der Waals surface area contributed by atoms with Crippen molar-refractivity contribution < 1.29 is 0 Å². The van der Waals surface area contributed by atoms with Crippen molar-refractivity contribution in [1.29, 1.82) is 0 Å². The lowest BCUT2D eigenvalue weighted by Gasteiger charge is -2.33. The first-order chi connectivity index (χ1) is 8.69. The number of rotatable bonds is 3. The molecule has 0 bridgehead atoms. The van der Waals surface area contributed by atoms with Gasteiger partial charge in [-0.3, -0.25) is 4.99 Å². The number of thioether (sulfide) groups is 1. The minimum Gasteiger partial charge on any atom is -0.334 e. The van der Waals surface area contributed by atoms with Gasteiger partial charge >= 0.3 is 0 Å². The molecule has 0 amide bonds. The number of amidine groups is 1. The highest BCUT2D eigenvalue weighted by molar-refractivity contribution is 14.1. The summed E-state index contributed by atoms with van der Waals surface area (Å²) in [6.07, 6.45) is 2.44. The van der Waals surface area contributed by atoms with E-state index in [-0.39, 0.29) is 0 Å². The molecule has 0 radical (unpaired) electrons. The van der Waals surface area contributed by atoms with Crippen molar-refractivity contribution in [3.8, 4) is 0 Å². The highest BCUT2D eigenvalue weighted by atomic mass is 127. The predicted molar refractivity (Wildman–Crippen MR) is 90.6 cm³/mol. The first-order valence-electron chi connectivity index (χ1n) is 6.38.